The van der Waals surface area contributed by atoms with E-state index in [0.29, 0.717) is 0 Å². The molecular formula is C14H25N3. The summed E-state index contributed by atoms with van der Waals surface area (Å²) >= 11 is 0. The lowest BCUT2D eigenvalue weighted by atomic mass is 10.1. The average molecular weight is 235 g/mol. The van der Waals surface area contributed by atoms with Gasteiger partial charge in [-0.1, -0.05) is 13.8 Å². The van der Waals surface area contributed by atoms with Crippen LogP contribution in [0.25, 0.3) is 0 Å². The summed E-state index contributed by atoms with van der Waals surface area (Å²) in [4.78, 5) is 6.70. The summed E-state index contributed by atoms with van der Waals surface area (Å²) in [7, 11) is 4.13. The number of aryl methyl sites for hydroxylation is 1. The van der Waals surface area contributed by atoms with Gasteiger partial charge in [-0.05, 0) is 32.4 Å². The zero-order valence-electron chi connectivity index (χ0n) is 11.7. The quantitative estimate of drug-likeness (QED) is 0.821. The summed E-state index contributed by atoms with van der Waals surface area (Å²) in [5, 5.41) is 3.20. The topological polar surface area (TPSA) is 28.2 Å². The van der Waals surface area contributed by atoms with Gasteiger partial charge in [-0.3, -0.25) is 4.98 Å². The Morgan fingerprint density at radius 2 is 2.12 bits per heavy atom. The van der Waals surface area contributed by atoms with Gasteiger partial charge in [0.25, 0.3) is 0 Å². The van der Waals surface area contributed by atoms with Gasteiger partial charge in [-0.15, -0.1) is 0 Å². The Kier molecular flexibility index (Phi) is 5.42. The van der Waals surface area contributed by atoms with Gasteiger partial charge in [0.1, 0.15) is 0 Å². The smallest absolute Gasteiger partial charge is 0.0442 e. The number of rotatable bonds is 6. The second-order valence-electron chi connectivity index (χ2n) is 5.09. The Morgan fingerprint density at radius 3 is 2.71 bits per heavy atom. The molecule has 1 aromatic heterocycles. The molecule has 0 unspecified atom stereocenters. The largest absolute Gasteiger partial charge is 0.374 e. The van der Waals surface area contributed by atoms with E-state index in [9.17, 15) is 0 Å². The standard InChI is InChI=1S/C14H25N3/c1-11(2)6-7-17(5)14-8-12(3)16-10-13(14)9-15-4/h8,10-11,15H,6-7,9H2,1-5H3. The molecule has 0 atom stereocenters. The van der Waals surface area contributed by atoms with E-state index in [1.807, 2.05) is 20.2 Å². The van der Waals surface area contributed by atoms with Gasteiger partial charge < -0.3 is 10.2 Å². The molecule has 0 saturated heterocycles. The van der Waals surface area contributed by atoms with Crippen molar-refractivity contribution in [2.24, 2.45) is 5.92 Å². The highest BCUT2D eigenvalue weighted by Gasteiger charge is 2.08. The van der Waals surface area contributed by atoms with E-state index in [2.05, 4.69) is 42.2 Å². The SMILES string of the molecule is CNCc1cnc(C)cc1N(C)CCC(C)C. The summed E-state index contributed by atoms with van der Waals surface area (Å²) in [5.74, 6) is 0.744. The number of hydrogen-bond acceptors (Lipinski definition) is 3. The van der Waals surface area contributed by atoms with Crippen LogP contribution in [0, 0.1) is 12.8 Å². The highest BCUT2D eigenvalue weighted by molar-refractivity contribution is 5.53. The van der Waals surface area contributed by atoms with Crippen LogP contribution in [0.4, 0.5) is 5.69 Å². The minimum Gasteiger partial charge on any atom is -0.374 e. The van der Waals surface area contributed by atoms with Gasteiger partial charge in [0.2, 0.25) is 0 Å². The maximum Gasteiger partial charge on any atom is 0.0442 e. The molecular weight excluding hydrogens is 210 g/mol. The number of nitrogens with one attached hydrogen (secondary N) is 1. The van der Waals surface area contributed by atoms with E-state index in [1.54, 1.807) is 0 Å². The number of hydrogen-bond donors (Lipinski definition) is 1. The van der Waals surface area contributed by atoms with Gasteiger partial charge in [-0.2, -0.15) is 0 Å². The highest BCUT2D eigenvalue weighted by atomic mass is 15.1. The van der Waals surface area contributed by atoms with Crippen LogP contribution in [0.5, 0.6) is 0 Å². The molecule has 0 spiro atoms. The Morgan fingerprint density at radius 1 is 1.41 bits per heavy atom. The van der Waals surface area contributed by atoms with Crippen molar-refractivity contribution < 1.29 is 0 Å². The molecule has 0 radical (unpaired) electrons. The van der Waals surface area contributed by atoms with Gasteiger partial charge in [0.05, 0.1) is 0 Å². The third-order valence-electron chi connectivity index (χ3n) is 2.92. The first kappa shape index (κ1) is 14.0. The molecule has 0 fully saturated rings. The normalized spacial score (nSPS) is 10.9. The summed E-state index contributed by atoms with van der Waals surface area (Å²) < 4.78 is 0. The van der Waals surface area contributed by atoms with Crippen LogP contribution >= 0.6 is 0 Å². The average Bonchev–Trinajstić information content (AvgIpc) is 2.28. The van der Waals surface area contributed by atoms with Crippen LogP contribution in [0.1, 0.15) is 31.5 Å². The van der Waals surface area contributed by atoms with Crippen molar-refractivity contribution in [1.82, 2.24) is 10.3 Å². The number of aromatic nitrogens is 1. The summed E-state index contributed by atoms with van der Waals surface area (Å²) in [6.07, 6.45) is 3.20. The molecule has 3 heteroatoms. The van der Waals surface area contributed by atoms with E-state index in [0.717, 1.165) is 24.7 Å². The zero-order valence-corrected chi connectivity index (χ0v) is 11.7. The molecule has 0 aliphatic rings. The van der Waals surface area contributed by atoms with Crippen molar-refractivity contribution in [2.45, 2.75) is 33.7 Å². The van der Waals surface area contributed by atoms with Gasteiger partial charge in [0.15, 0.2) is 0 Å². The fraction of sp³-hybridized carbons (Fsp3) is 0.643. The Bertz CT molecular complexity index is 347. The highest BCUT2D eigenvalue weighted by Crippen LogP contribution is 2.20. The monoisotopic (exact) mass is 235 g/mol. The van der Waals surface area contributed by atoms with E-state index < -0.39 is 0 Å². The third-order valence-corrected chi connectivity index (χ3v) is 2.92. The molecule has 0 bridgehead atoms. The van der Waals surface area contributed by atoms with Crippen LogP contribution in [0.2, 0.25) is 0 Å². The molecule has 17 heavy (non-hydrogen) atoms. The van der Waals surface area contributed by atoms with Crippen molar-refractivity contribution in [3.63, 3.8) is 0 Å². The predicted molar refractivity (Wildman–Crippen MR) is 74.5 cm³/mol. The van der Waals surface area contributed by atoms with Gasteiger partial charge in [0, 0.05) is 43.3 Å². The van der Waals surface area contributed by atoms with Crippen LogP contribution in [0.3, 0.4) is 0 Å². The number of nitrogens with zero attached hydrogens (tertiary/aromatic N) is 2. The van der Waals surface area contributed by atoms with Crippen LogP contribution in [0.15, 0.2) is 12.3 Å². The van der Waals surface area contributed by atoms with Crippen molar-refractivity contribution in [3.8, 4) is 0 Å². The lowest BCUT2D eigenvalue weighted by Crippen LogP contribution is -2.22. The zero-order chi connectivity index (χ0) is 12.8. The molecule has 0 aliphatic carbocycles. The molecule has 1 heterocycles. The molecule has 0 saturated carbocycles. The molecule has 3 nitrogen and oxygen atoms in total. The van der Waals surface area contributed by atoms with E-state index in [4.69, 9.17) is 0 Å². The first-order valence-corrected chi connectivity index (χ1v) is 6.35. The predicted octanol–water partition coefficient (Wildman–Crippen LogP) is 2.59. The summed E-state index contributed by atoms with van der Waals surface area (Å²) in [6.45, 7) is 8.54. The fourth-order valence-electron chi connectivity index (χ4n) is 1.83. The maximum absolute atomic E-state index is 4.37. The molecule has 1 N–H and O–H groups in total. The molecule has 96 valence electrons. The second-order valence-corrected chi connectivity index (χ2v) is 5.09. The van der Waals surface area contributed by atoms with Gasteiger partial charge in [-0.25, -0.2) is 0 Å². The number of anilines is 1. The van der Waals surface area contributed by atoms with Crippen molar-refractivity contribution >= 4 is 5.69 Å². The van der Waals surface area contributed by atoms with Crippen molar-refractivity contribution in [1.29, 1.82) is 0 Å². The molecule has 0 aromatic carbocycles. The van der Waals surface area contributed by atoms with E-state index in [-0.39, 0.29) is 0 Å². The first-order valence-electron chi connectivity index (χ1n) is 6.35. The van der Waals surface area contributed by atoms with Crippen LogP contribution < -0.4 is 10.2 Å². The first-order chi connectivity index (χ1) is 8.04. The Hall–Kier alpha value is -1.09. The molecule has 1 rings (SSSR count). The van der Waals surface area contributed by atoms with E-state index in [1.165, 1.54) is 17.7 Å². The molecule has 0 aliphatic heterocycles. The van der Waals surface area contributed by atoms with Crippen LogP contribution in [-0.2, 0) is 6.54 Å². The summed E-state index contributed by atoms with van der Waals surface area (Å²) in [5.41, 5.74) is 3.65. The number of pyridine rings is 1. The lowest BCUT2D eigenvalue weighted by Gasteiger charge is -2.23. The van der Waals surface area contributed by atoms with Gasteiger partial charge >= 0.3 is 0 Å². The maximum atomic E-state index is 4.37. The Balaban J connectivity index is 2.81. The Labute approximate surface area is 105 Å². The lowest BCUT2D eigenvalue weighted by molar-refractivity contribution is 0.584. The summed E-state index contributed by atoms with van der Waals surface area (Å²) in [6, 6.07) is 2.17. The minimum absolute atomic E-state index is 0.744. The second kappa shape index (κ2) is 6.60. The van der Waals surface area contributed by atoms with E-state index >= 15 is 0 Å². The fourth-order valence-corrected chi connectivity index (χ4v) is 1.83. The molecule has 1 aromatic rings. The van der Waals surface area contributed by atoms with Crippen molar-refractivity contribution in [2.75, 3.05) is 25.5 Å². The third kappa shape index (κ3) is 4.35. The van der Waals surface area contributed by atoms with Crippen LogP contribution in [-0.4, -0.2) is 25.6 Å². The minimum atomic E-state index is 0.744. The van der Waals surface area contributed by atoms with Crippen molar-refractivity contribution in [3.05, 3.63) is 23.5 Å². The molecule has 0 amide bonds.